The molecule has 12 nitrogen and oxygen atoms in total. The van der Waals surface area contributed by atoms with E-state index in [1.807, 2.05) is 36.0 Å². The van der Waals surface area contributed by atoms with Crippen molar-refractivity contribution in [2.24, 2.45) is 28.3 Å². The minimum absolute atomic E-state index is 0.259. The molecule has 12 heteroatoms. The summed E-state index contributed by atoms with van der Waals surface area (Å²) in [5, 5.41) is 20.0. The molecule has 228 valence electrons. The Balaban J connectivity index is 1.10. The van der Waals surface area contributed by atoms with Crippen LogP contribution in [0.1, 0.15) is 36.6 Å². The van der Waals surface area contributed by atoms with E-state index in [1.165, 1.54) is 6.21 Å². The van der Waals surface area contributed by atoms with Gasteiger partial charge in [-0.25, -0.2) is 4.57 Å². The van der Waals surface area contributed by atoms with Gasteiger partial charge in [0.1, 0.15) is 12.7 Å². The summed E-state index contributed by atoms with van der Waals surface area (Å²) in [5.74, 6) is 4.21. The van der Waals surface area contributed by atoms with Crippen molar-refractivity contribution < 1.29 is 19.0 Å². The number of nitrogens with zero attached hydrogens (tertiary/aromatic N) is 4. The van der Waals surface area contributed by atoms with Crippen LogP contribution in [0.15, 0.2) is 137 Å². The summed E-state index contributed by atoms with van der Waals surface area (Å²) in [6.45, 7) is 0. The van der Waals surface area contributed by atoms with E-state index in [9.17, 15) is 14.4 Å². The zero-order chi connectivity index (χ0) is 32.3. The summed E-state index contributed by atoms with van der Waals surface area (Å²) in [5.41, 5.74) is 8.04. The lowest BCUT2D eigenvalue weighted by atomic mass is 10.1. The highest BCUT2D eigenvalue weighted by molar-refractivity contribution is 6.08. The fraction of sp³-hybridized carbons (Fsp3) is 0.0294. The number of rotatable bonds is 10. The van der Waals surface area contributed by atoms with Gasteiger partial charge in [0.25, 0.3) is 17.7 Å². The third kappa shape index (κ3) is 8.45. The van der Waals surface area contributed by atoms with Crippen LogP contribution in [-0.2, 0) is 7.05 Å². The third-order valence-corrected chi connectivity index (χ3v) is 6.62. The van der Waals surface area contributed by atoms with Crippen molar-refractivity contribution in [3.8, 4) is 0 Å². The Morgan fingerprint density at radius 2 is 1.11 bits per heavy atom. The second-order valence-electron chi connectivity index (χ2n) is 10.0. The van der Waals surface area contributed by atoms with Gasteiger partial charge in [-0.2, -0.15) is 5.10 Å². The predicted octanol–water partition coefficient (Wildman–Crippen LogP) is 5.67. The molecule has 0 aliphatic carbocycles. The van der Waals surface area contributed by atoms with E-state index >= 15 is 0 Å². The van der Waals surface area contributed by atoms with E-state index in [4.69, 9.17) is 5.84 Å². The number of nitrogens with two attached hydrogens (primary N) is 1. The molecule has 0 aliphatic heterocycles. The highest BCUT2D eigenvalue weighted by Crippen LogP contribution is 2.18. The molecule has 46 heavy (non-hydrogen) atoms. The first-order valence-electron chi connectivity index (χ1n) is 14.1. The Hall–Kier alpha value is -6.69. The first-order chi connectivity index (χ1) is 22.4. The number of aryl methyl sites for hydroxylation is 1. The van der Waals surface area contributed by atoms with Crippen LogP contribution in [0.2, 0.25) is 0 Å². The lowest BCUT2D eigenvalue weighted by molar-refractivity contribution is -0.670. The van der Waals surface area contributed by atoms with Crippen molar-refractivity contribution >= 4 is 52.4 Å². The molecule has 5 aromatic rings. The highest BCUT2D eigenvalue weighted by atomic mass is 16.2. The van der Waals surface area contributed by atoms with Gasteiger partial charge in [-0.1, -0.05) is 17.4 Å². The molecule has 6 N–H and O–H groups in total. The largest absolute Gasteiger partial charge is 0.323 e. The van der Waals surface area contributed by atoms with Crippen LogP contribution in [0, 0.1) is 0 Å². The molecule has 0 atom stereocenters. The smallest absolute Gasteiger partial charge is 0.255 e. The fourth-order valence-corrected chi connectivity index (χ4v) is 4.23. The van der Waals surface area contributed by atoms with E-state index in [2.05, 4.69) is 36.8 Å². The van der Waals surface area contributed by atoms with Gasteiger partial charge >= 0.3 is 0 Å². The maximum absolute atomic E-state index is 12.8. The van der Waals surface area contributed by atoms with Gasteiger partial charge in [-0.3, -0.25) is 19.8 Å². The molecule has 3 amide bonds. The Kier molecular flexibility index (Phi) is 9.80. The minimum Gasteiger partial charge on any atom is -0.323 e. The van der Waals surface area contributed by atoms with Crippen LogP contribution in [0.4, 0.5) is 28.4 Å². The average molecular weight is 613 g/mol. The normalized spacial score (nSPS) is 10.9. The van der Waals surface area contributed by atoms with Crippen LogP contribution in [0.3, 0.4) is 0 Å². The maximum atomic E-state index is 12.8. The van der Waals surface area contributed by atoms with Gasteiger partial charge in [0.2, 0.25) is 0 Å². The van der Waals surface area contributed by atoms with Crippen LogP contribution >= 0.6 is 0 Å². The van der Waals surface area contributed by atoms with E-state index in [1.54, 1.807) is 97.2 Å². The number of hydrazone groups is 1. The molecule has 5 rings (SSSR count). The van der Waals surface area contributed by atoms with Gasteiger partial charge in [0, 0.05) is 34.1 Å². The van der Waals surface area contributed by atoms with Crippen molar-refractivity contribution in [2.75, 3.05) is 21.4 Å². The van der Waals surface area contributed by atoms with Crippen molar-refractivity contribution in [3.05, 3.63) is 144 Å². The minimum atomic E-state index is -0.348. The summed E-state index contributed by atoms with van der Waals surface area (Å²) in [7, 11) is 1.87. The second kappa shape index (κ2) is 14.7. The topological polar surface area (TPSA) is 166 Å². The van der Waals surface area contributed by atoms with Crippen molar-refractivity contribution in [2.45, 2.75) is 0 Å². The molecule has 0 spiro atoms. The summed E-state index contributed by atoms with van der Waals surface area (Å²) in [6.07, 6.45) is 5.21. The zero-order valence-corrected chi connectivity index (χ0v) is 24.7. The number of anilines is 4. The fourth-order valence-electron chi connectivity index (χ4n) is 4.23. The molecule has 4 aromatic carbocycles. The number of pyridine rings is 1. The van der Waals surface area contributed by atoms with E-state index in [0.29, 0.717) is 45.1 Å². The number of hydrogen-bond acceptors (Lipinski definition) is 7. The monoisotopic (exact) mass is 612 g/mol. The molecule has 1 aromatic heterocycles. The molecule has 0 saturated carbocycles. The number of amides is 3. The number of carbonyl (C=O) groups is 3. The Bertz CT molecular complexity index is 1890. The van der Waals surface area contributed by atoms with Gasteiger partial charge in [-0.15, -0.1) is 5.11 Å². The molecular weight excluding hydrogens is 582 g/mol. The Morgan fingerprint density at radius 1 is 0.630 bits per heavy atom. The zero-order valence-electron chi connectivity index (χ0n) is 24.7. The third-order valence-electron chi connectivity index (χ3n) is 6.62. The van der Waals surface area contributed by atoms with Crippen molar-refractivity contribution in [1.82, 2.24) is 0 Å². The standard InChI is InChI=1S/C34H29N9O3/c1-43-20-2-3-31(22-43)39-34(46)26-10-14-27(15-11-26)37-32(44)24-6-8-25(9-7-24)33(45)38-28-16-18-30(19-17-28)41-42-40-29-12-4-23(5-13-29)21-36-35/h2-22H,1H3,(H5-,35,36,37,38,39,40,41,42,44,45,46)/p+1. The van der Waals surface area contributed by atoms with Gasteiger partial charge in [-0.05, 0) is 96.6 Å². The number of aromatic nitrogens is 1. The number of benzene rings is 4. The maximum Gasteiger partial charge on any atom is 0.255 e. The second-order valence-corrected chi connectivity index (χ2v) is 10.0. The van der Waals surface area contributed by atoms with Crippen LogP contribution < -0.4 is 31.8 Å². The van der Waals surface area contributed by atoms with Gasteiger partial charge in [0.15, 0.2) is 12.4 Å². The summed E-state index contributed by atoms with van der Waals surface area (Å²) in [6, 6.07) is 30.7. The molecule has 0 aliphatic rings. The quantitative estimate of drug-likeness (QED) is 0.0450. The predicted molar refractivity (Wildman–Crippen MR) is 177 cm³/mol. The first-order valence-corrected chi connectivity index (χ1v) is 14.1. The summed E-state index contributed by atoms with van der Waals surface area (Å²) < 4.78 is 1.84. The molecule has 1 heterocycles. The van der Waals surface area contributed by atoms with Crippen LogP contribution in [0.25, 0.3) is 0 Å². The van der Waals surface area contributed by atoms with E-state index in [-0.39, 0.29) is 17.7 Å². The SMILES string of the molecule is C[n+]1cccc(NC(=O)c2ccc(NC(=O)c3ccc(C(=O)Nc4ccc(NN=Nc5ccc(C=NN)cc5)cc4)cc3)cc2)c1. The molecule has 0 fully saturated rings. The van der Waals surface area contributed by atoms with E-state index in [0.717, 1.165) is 5.56 Å². The van der Waals surface area contributed by atoms with E-state index < -0.39 is 0 Å². The summed E-state index contributed by atoms with van der Waals surface area (Å²) >= 11 is 0. The van der Waals surface area contributed by atoms with Crippen molar-refractivity contribution in [1.29, 1.82) is 0 Å². The molecule has 0 bridgehead atoms. The molecular formula is C34H30N9O3+. The number of hydrogen-bond donors (Lipinski definition) is 5. The van der Waals surface area contributed by atoms with Crippen LogP contribution in [-0.4, -0.2) is 23.9 Å². The Morgan fingerprint density at radius 3 is 1.63 bits per heavy atom. The average Bonchev–Trinajstić information content (AvgIpc) is 3.07. The number of nitrogens with one attached hydrogen (secondary N) is 4. The number of carbonyl (C=O) groups excluding carboxylic acids is 3. The van der Waals surface area contributed by atoms with Gasteiger partial charge < -0.3 is 21.8 Å². The van der Waals surface area contributed by atoms with Crippen LogP contribution in [0.5, 0.6) is 0 Å². The summed E-state index contributed by atoms with van der Waals surface area (Å²) in [4.78, 5) is 38.1. The Labute approximate surface area is 264 Å². The lowest BCUT2D eigenvalue weighted by Crippen LogP contribution is -2.27. The highest BCUT2D eigenvalue weighted by Gasteiger charge is 2.12. The molecule has 0 unspecified atom stereocenters. The van der Waals surface area contributed by atoms with Crippen molar-refractivity contribution in [3.63, 3.8) is 0 Å². The molecule has 0 radical (unpaired) electrons. The molecule has 0 saturated heterocycles. The van der Waals surface area contributed by atoms with Gasteiger partial charge in [0.05, 0.1) is 17.6 Å². The first kappa shape index (κ1) is 30.8. The lowest BCUT2D eigenvalue weighted by Gasteiger charge is -2.09.